The number of rotatable bonds is 9. The first-order chi connectivity index (χ1) is 14.7. The monoisotopic (exact) mass is 402 g/mol. The standard InChI is InChI=1S/C26H26O4/c1-2-12-23(25(27)29-19-20-13-6-3-7-14-20)30-26(28)24(21-15-8-4-9-16-21)22-17-10-5-11-18-22/h3-11,13-18,23-24H,2,12,19H2,1H3/t23-/m1/s1. The Kier molecular flexibility index (Phi) is 7.78. The first-order valence-electron chi connectivity index (χ1n) is 10.2. The van der Waals surface area contributed by atoms with E-state index in [-0.39, 0.29) is 6.61 Å². The van der Waals surface area contributed by atoms with Gasteiger partial charge < -0.3 is 9.47 Å². The summed E-state index contributed by atoms with van der Waals surface area (Å²) in [6, 6.07) is 28.3. The molecule has 0 aliphatic carbocycles. The number of benzene rings is 3. The molecule has 154 valence electrons. The third-order valence-electron chi connectivity index (χ3n) is 4.80. The predicted molar refractivity (Wildman–Crippen MR) is 116 cm³/mol. The molecule has 0 N–H and O–H groups in total. The Morgan fingerprint density at radius 3 is 1.73 bits per heavy atom. The molecule has 4 heteroatoms. The molecule has 3 aromatic rings. The van der Waals surface area contributed by atoms with E-state index in [0.717, 1.165) is 16.7 Å². The molecule has 4 nitrogen and oxygen atoms in total. The average Bonchev–Trinajstić information content (AvgIpc) is 2.79. The molecular formula is C26H26O4. The van der Waals surface area contributed by atoms with Crippen molar-refractivity contribution in [2.75, 3.05) is 0 Å². The molecule has 0 saturated carbocycles. The summed E-state index contributed by atoms with van der Waals surface area (Å²) in [5.74, 6) is -1.58. The van der Waals surface area contributed by atoms with Crippen molar-refractivity contribution in [3.8, 4) is 0 Å². The third kappa shape index (κ3) is 5.80. The van der Waals surface area contributed by atoms with Gasteiger partial charge in [-0.1, -0.05) is 104 Å². The van der Waals surface area contributed by atoms with Gasteiger partial charge in [-0.15, -0.1) is 0 Å². The van der Waals surface area contributed by atoms with Crippen LogP contribution >= 0.6 is 0 Å². The van der Waals surface area contributed by atoms with E-state index in [9.17, 15) is 9.59 Å². The SMILES string of the molecule is CCC[C@@H](OC(=O)C(c1ccccc1)c1ccccc1)C(=O)OCc1ccccc1. The van der Waals surface area contributed by atoms with Crippen LogP contribution in [0.5, 0.6) is 0 Å². The second-order valence-electron chi connectivity index (χ2n) is 7.06. The summed E-state index contributed by atoms with van der Waals surface area (Å²) in [5, 5.41) is 0. The first-order valence-corrected chi connectivity index (χ1v) is 10.2. The smallest absolute Gasteiger partial charge is 0.347 e. The summed E-state index contributed by atoms with van der Waals surface area (Å²) in [6.45, 7) is 2.09. The fourth-order valence-electron chi connectivity index (χ4n) is 3.27. The molecule has 30 heavy (non-hydrogen) atoms. The molecule has 0 heterocycles. The number of ether oxygens (including phenoxy) is 2. The van der Waals surface area contributed by atoms with Gasteiger partial charge in [0.15, 0.2) is 6.10 Å². The van der Waals surface area contributed by atoms with E-state index in [2.05, 4.69) is 0 Å². The number of carbonyl (C=O) groups is 2. The molecule has 0 radical (unpaired) electrons. The van der Waals surface area contributed by atoms with Crippen LogP contribution < -0.4 is 0 Å². The molecule has 0 spiro atoms. The fourth-order valence-corrected chi connectivity index (χ4v) is 3.27. The fraction of sp³-hybridized carbons (Fsp3) is 0.231. The highest BCUT2D eigenvalue weighted by Gasteiger charge is 2.30. The van der Waals surface area contributed by atoms with Crippen LogP contribution in [0.25, 0.3) is 0 Å². The van der Waals surface area contributed by atoms with Gasteiger partial charge in [0, 0.05) is 0 Å². The zero-order chi connectivity index (χ0) is 21.2. The van der Waals surface area contributed by atoms with Gasteiger partial charge in [-0.25, -0.2) is 4.79 Å². The van der Waals surface area contributed by atoms with Gasteiger partial charge >= 0.3 is 11.9 Å². The van der Waals surface area contributed by atoms with Crippen LogP contribution in [-0.2, 0) is 25.7 Å². The molecule has 1 atom stereocenters. The Balaban J connectivity index is 1.75. The topological polar surface area (TPSA) is 52.6 Å². The Bertz CT molecular complexity index is 884. The maximum atomic E-state index is 13.2. The average molecular weight is 402 g/mol. The summed E-state index contributed by atoms with van der Waals surface area (Å²) in [5.41, 5.74) is 2.53. The second kappa shape index (κ2) is 11.0. The minimum Gasteiger partial charge on any atom is -0.458 e. The Labute approximate surface area is 177 Å². The highest BCUT2D eigenvalue weighted by Crippen LogP contribution is 2.27. The van der Waals surface area contributed by atoms with E-state index in [1.54, 1.807) is 0 Å². The van der Waals surface area contributed by atoms with Gasteiger partial charge in [0.05, 0.1) is 0 Å². The lowest BCUT2D eigenvalue weighted by molar-refractivity contribution is -0.169. The van der Waals surface area contributed by atoms with Crippen LogP contribution in [0.2, 0.25) is 0 Å². The number of hydrogen-bond acceptors (Lipinski definition) is 4. The summed E-state index contributed by atoms with van der Waals surface area (Å²) in [7, 11) is 0. The summed E-state index contributed by atoms with van der Waals surface area (Å²) >= 11 is 0. The van der Waals surface area contributed by atoms with Crippen LogP contribution in [0.4, 0.5) is 0 Å². The minimum absolute atomic E-state index is 0.151. The van der Waals surface area contributed by atoms with Crippen molar-refractivity contribution in [3.63, 3.8) is 0 Å². The number of carbonyl (C=O) groups excluding carboxylic acids is 2. The first kappa shape index (κ1) is 21.3. The zero-order valence-corrected chi connectivity index (χ0v) is 17.1. The van der Waals surface area contributed by atoms with Gasteiger partial charge in [-0.05, 0) is 23.1 Å². The van der Waals surface area contributed by atoms with Crippen molar-refractivity contribution < 1.29 is 19.1 Å². The highest BCUT2D eigenvalue weighted by atomic mass is 16.6. The van der Waals surface area contributed by atoms with E-state index in [0.29, 0.717) is 12.8 Å². The van der Waals surface area contributed by atoms with E-state index in [4.69, 9.17) is 9.47 Å². The largest absolute Gasteiger partial charge is 0.458 e. The van der Waals surface area contributed by atoms with Gasteiger partial charge in [-0.3, -0.25) is 4.79 Å². The molecule has 0 fully saturated rings. The normalized spacial score (nSPS) is 11.7. The maximum Gasteiger partial charge on any atom is 0.347 e. The Hall–Kier alpha value is -3.40. The lowest BCUT2D eigenvalue weighted by Gasteiger charge is -2.21. The molecule has 0 unspecified atom stereocenters. The van der Waals surface area contributed by atoms with Gasteiger partial charge in [-0.2, -0.15) is 0 Å². The van der Waals surface area contributed by atoms with Crippen molar-refractivity contribution in [1.29, 1.82) is 0 Å². The summed E-state index contributed by atoms with van der Waals surface area (Å²) < 4.78 is 11.1. The Morgan fingerprint density at radius 1 is 0.733 bits per heavy atom. The summed E-state index contributed by atoms with van der Waals surface area (Å²) in [6.07, 6.45) is 0.177. The van der Waals surface area contributed by atoms with Crippen molar-refractivity contribution in [2.24, 2.45) is 0 Å². The lowest BCUT2D eigenvalue weighted by Crippen LogP contribution is -2.31. The molecule has 3 aromatic carbocycles. The van der Waals surface area contributed by atoms with Crippen LogP contribution in [0, 0.1) is 0 Å². The van der Waals surface area contributed by atoms with Crippen molar-refractivity contribution >= 4 is 11.9 Å². The highest BCUT2D eigenvalue weighted by molar-refractivity contribution is 5.85. The van der Waals surface area contributed by atoms with Gasteiger partial charge in [0.2, 0.25) is 0 Å². The van der Waals surface area contributed by atoms with E-state index < -0.39 is 24.0 Å². The molecule has 0 aromatic heterocycles. The molecule has 0 bridgehead atoms. The van der Waals surface area contributed by atoms with E-state index in [1.807, 2.05) is 97.9 Å². The summed E-state index contributed by atoms with van der Waals surface area (Å²) in [4.78, 5) is 25.8. The Morgan fingerprint density at radius 2 is 1.23 bits per heavy atom. The van der Waals surface area contributed by atoms with Crippen molar-refractivity contribution in [3.05, 3.63) is 108 Å². The molecule has 3 rings (SSSR count). The van der Waals surface area contributed by atoms with E-state index in [1.165, 1.54) is 0 Å². The molecule has 0 aliphatic heterocycles. The second-order valence-corrected chi connectivity index (χ2v) is 7.06. The zero-order valence-electron chi connectivity index (χ0n) is 17.1. The lowest BCUT2D eigenvalue weighted by atomic mass is 9.91. The molecule has 0 saturated heterocycles. The predicted octanol–water partition coefficient (Wildman–Crippen LogP) is 5.27. The van der Waals surface area contributed by atoms with Crippen LogP contribution in [-0.4, -0.2) is 18.0 Å². The van der Waals surface area contributed by atoms with Gasteiger partial charge in [0.25, 0.3) is 0 Å². The third-order valence-corrected chi connectivity index (χ3v) is 4.80. The minimum atomic E-state index is -0.930. The van der Waals surface area contributed by atoms with Crippen LogP contribution in [0.15, 0.2) is 91.0 Å². The van der Waals surface area contributed by atoms with Crippen molar-refractivity contribution in [1.82, 2.24) is 0 Å². The number of hydrogen-bond donors (Lipinski definition) is 0. The van der Waals surface area contributed by atoms with Gasteiger partial charge in [0.1, 0.15) is 12.5 Å². The molecule has 0 amide bonds. The molecular weight excluding hydrogens is 376 g/mol. The van der Waals surface area contributed by atoms with Crippen molar-refractivity contribution in [2.45, 2.75) is 38.4 Å². The van der Waals surface area contributed by atoms with E-state index >= 15 is 0 Å². The van der Waals surface area contributed by atoms with Crippen LogP contribution in [0.1, 0.15) is 42.4 Å². The quantitative estimate of drug-likeness (QED) is 0.457. The molecule has 0 aliphatic rings. The maximum absolute atomic E-state index is 13.2. The van der Waals surface area contributed by atoms with Crippen LogP contribution in [0.3, 0.4) is 0 Å². The number of esters is 2.